The summed E-state index contributed by atoms with van der Waals surface area (Å²) in [5.74, 6) is -0.0401. The van der Waals surface area contributed by atoms with E-state index in [-0.39, 0.29) is 29.3 Å². The van der Waals surface area contributed by atoms with E-state index >= 15 is 0 Å². The molecule has 0 saturated carbocycles. The molecule has 2 aromatic carbocycles. The number of nitrogens with one attached hydrogen (secondary N) is 2. The molecule has 0 aliphatic carbocycles. The van der Waals surface area contributed by atoms with E-state index in [9.17, 15) is 14.4 Å². The van der Waals surface area contributed by atoms with Crippen molar-refractivity contribution in [1.29, 1.82) is 0 Å². The largest absolute Gasteiger partial charge is 0.497 e. The molecule has 0 spiro atoms. The molecule has 0 aromatic heterocycles. The van der Waals surface area contributed by atoms with Crippen LogP contribution in [-0.2, 0) is 14.4 Å². The van der Waals surface area contributed by atoms with Crippen molar-refractivity contribution in [3.63, 3.8) is 0 Å². The predicted molar refractivity (Wildman–Crippen MR) is 116 cm³/mol. The zero-order chi connectivity index (χ0) is 21.8. The van der Waals surface area contributed by atoms with Gasteiger partial charge in [0.15, 0.2) is 0 Å². The number of imide groups is 1. The molecular weight excluding hydrogens is 382 g/mol. The van der Waals surface area contributed by atoms with E-state index in [2.05, 4.69) is 10.6 Å². The molecule has 3 amide bonds. The minimum atomic E-state index is -0.356. The number of hydrogen-bond donors (Lipinski definition) is 2. The third-order valence-corrected chi connectivity index (χ3v) is 4.57. The van der Waals surface area contributed by atoms with Crippen LogP contribution in [0.2, 0.25) is 0 Å². The Morgan fingerprint density at radius 3 is 2.10 bits per heavy atom. The van der Waals surface area contributed by atoms with Crippen molar-refractivity contribution in [2.24, 2.45) is 5.92 Å². The fraction of sp³-hybridized carbons (Fsp3) is 0.261. The summed E-state index contributed by atoms with van der Waals surface area (Å²) in [6, 6.07) is 14.0. The topological polar surface area (TPSA) is 87.7 Å². The SMILES string of the molecule is COc1ccc(NC2=C(c3ccc(NC(C)=O)cc3)C(=O)N(CC(C)C)C2=O)cc1. The Bertz CT molecular complexity index is 992. The first-order valence-corrected chi connectivity index (χ1v) is 9.69. The molecule has 2 aromatic rings. The van der Waals surface area contributed by atoms with Crippen LogP contribution < -0.4 is 15.4 Å². The molecule has 30 heavy (non-hydrogen) atoms. The van der Waals surface area contributed by atoms with Crippen LogP contribution in [0.1, 0.15) is 26.3 Å². The molecule has 1 aliphatic heterocycles. The fourth-order valence-corrected chi connectivity index (χ4v) is 3.23. The third-order valence-electron chi connectivity index (χ3n) is 4.57. The van der Waals surface area contributed by atoms with Crippen LogP contribution in [-0.4, -0.2) is 36.3 Å². The van der Waals surface area contributed by atoms with E-state index in [1.165, 1.54) is 11.8 Å². The summed E-state index contributed by atoms with van der Waals surface area (Å²) in [5, 5.41) is 5.81. The van der Waals surface area contributed by atoms with Crippen LogP contribution in [0.15, 0.2) is 54.2 Å². The molecule has 0 atom stereocenters. The number of nitrogens with zero attached hydrogens (tertiary/aromatic N) is 1. The molecule has 2 N–H and O–H groups in total. The molecular formula is C23H25N3O4. The van der Waals surface area contributed by atoms with Crippen molar-refractivity contribution < 1.29 is 19.1 Å². The smallest absolute Gasteiger partial charge is 0.278 e. The summed E-state index contributed by atoms with van der Waals surface area (Å²) in [6.07, 6.45) is 0. The number of rotatable bonds is 7. The van der Waals surface area contributed by atoms with Gasteiger partial charge in [-0.3, -0.25) is 19.3 Å². The normalized spacial score (nSPS) is 13.8. The standard InChI is InChI=1S/C23H25N3O4/c1-14(2)13-26-22(28)20(16-5-7-17(8-6-16)24-15(3)27)21(23(26)29)25-18-9-11-19(30-4)12-10-18/h5-12,14,25H,13H2,1-4H3,(H,24,27). The van der Waals surface area contributed by atoms with Crippen molar-refractivity contribution in [2.75, 3.05) is 24.3 Å². The molecule has 0 saturated heterocycles. The van der Waals surface area contributed by atoms with Gasteiger partial charge in [-0.15, -0.1) is 0 Å². The Morgan fingerprint density at radius 1 is 0.967 bits per heavy atom. The summed E-state index contributed by atoms with van der Waals surface area (Å²) < 4.78 is 5.17. The number of hydrogen-bond acceptors (Lipinski definition) is 5. The quantitative estimate of drug-likeness (QED) is 0.686. The minimum absolute atomic E-state index is 0.140. The first kappa shape index (κ1) is 21.1. The Hall–Kier alpha value is -3.61. The van der Waals surface area contributed by atoms with Gasteiger partial charge in [0.25, 0.3) is 11.8 Å². The summed E-state index contributed by atoms with van der Waals surface area (Å²) >= 11 is 0. The molecule has 3 rings (SSSR count). The summed E-state index contributed by atoms with van der Waals surface area (Å²) in [7, 11) is 1.58. The number of amides is 3. The van der Waals surface area contributed by atoms with Crippen LogP contribution in [0, 0.1) is 5.92 Å². The lowest BCUT2D eigenvalue weighted by molar-refractivity contribution is -0.137. The van der Waals surface area contributed by atoms with Gasteiger partial charge in [-0.2, -0.15) is 0 Å². The van der Waals surface area contributed by atoms with E-state index in [1.54, 1.807) is 55.6 Å². The average Bonchev–Trinajstić information content (AvgIpc) is 2.93. The lowest BCUT2D eigenvalue weighted by Crippen LogP contribution is -2.35. The molecule has 7 nitrogen and oxygen atoms in total. The maximum absolute atomic E-state index is 13.1. The lowest BCUT2D eigenvalue weighted by atomic mass is 10.0. The Kier molecular flexibility index (Phi) is 6.20. The average molecular weight is 407 g/mol. The van der Waals surface area contributed by atoms with Crippen molar-refractivity contribution >= 4 is 34.7 Å². The lowest BCUT2D eigenvalue weighted by Gasteiger charge is -2.17. The summed E-state index contributed by atoms with van der Waals surface area (Å²) in [6.45, 7) is 5.67. The van der Waals surface area contributed by atoms with Crippen molar-refractivity contribution in [3.8, 4) is 5.75 Å². The van der Waals surface area contributed by atoms with Gasteiger partial charge in [-0.1, -0.05) is 26.0 Å². The van der Waals surface area contributed by atoms with Gasteiger partial charge in [-0.25, -0.2) is 0 Å². The Balaban J connectivity index is 2.00. The second-order valence-corrected chi connectivity index (χ2v) is 7.48. The zero-order valence-electron chi connectivity index (χ0n) is 17.5. The van der Waals surface area contributed by atoms with Gasteiger partial charge in [0.2, 0.25) is 5.91 Å². The van der Waals surface area contributed by atoms with Gasteiger partial charge in [0, 0.05) is 24.8 Å². The number of methoxy groups -OCH3 is 1. The third kappa shape index (κ3) is 4.51. The first-order valence-electron chi connectivity index (χ1n) is 9.69. The van der Waals surface area contributed by atoms with Crippen molar-refractivity contribution in [2.45, 2.75) is 20.8 Å². The van der Waals surface area contributed by atoms with E-state index < -0.39 is 0 Å². The highest BCUT2D eigenvalue weighted by atomic mass is 16.5. The van der Waals surface area contributed by atoms with Crippen LogP contribution in [0.3, 0.4) is 0 Å². The maximum atomic E-state index is 13.1. The molecule has 0 bridgehead atoms. The summed E-state index contributed by atoms with van der Waals surface area (Å²) in [4.78, 5) is 38.7. The predicted octanol–water partition coefficient (Wildman–Crippen LogP) is 3.50. The second kappa shape index (κ2) is 8.82. The van der Waals surface area contributed by atoms with E-state index in [4.69, 9.17) is 4.74 Å². The molecule has 0 radical (unpaired) electrons. The number of carbonyl (C=O) groups excluding carboxylic acids is 3. The molecule has 0 unspecified atom stereocenters. The van der Waals surface area contributed by atoms with Crippen LogP contribution in [0.5, 0.6) is 5.75 Å². The van der Waals surface area contributed by atoms with Crippen molar-refractivity contribution in [1.82, 2.24) is 4.90 Å². The second-order valence-electron chi connectivity index (χ2n) is 7.48. The van der Waals surface area contributed by atoms with E-state index in [0.717, 1.165) is 0 Å². The van der Waals surface area contributed by atoms with Gasteiger partial charge in [-0.05, 0) is 47.9 Å². The fourth-order valence-electron chi connectivity index (χ4n) is 3.23. The molecule has 156 valence electrons. The van der Waals surface area contributed by atoms with Crippen LogP contribution in [0.4, 0.5) is 11.4 Å². The van der Waals surface area contributed by atoms with Gasteiger partial charge >= 0.3 is 0 Å². The highest BCUT2D eigenvalue weighted by Gasteiger charge is 2.39. The molecule has 1 aliphatic rings. The van der Waals surface area contributed by atoms with Gasteiger partial charge in [0.1, 0.15) is 11.4 Å². The number of benzene rings is 2. The Labute approximate surface area is 175 Å². The molecule has 7 heteroatoms. The van der Waals surface area contributed by atoms with E-state index in [0.29, 0.717) is 34.8 Å². The van der Waals surface area contributed by atoms with E-state index in [1.807, 2.05) is 13.8 Å². The highest BCUT2D eigenvalue weighted by molar-refractivity contribution is 6.36. The molecule has 1 heterocycles. The molecule has 0 fully saturated rings. The van der Waals surface area contributed by atoms with Gasteiger partial charge < -0.3 is 15.4 Å². The number of carbonyl (C=O) groups is 3. The van der Waals surface area contributed by atoms with Gasteiger partial charge in [0.05, 0.1) is 12.7 Å². The van der Waals surface area contributed by atoms with Crippen LogP contribution >= 0.6 is 0 Å². The Morgan fingerprint density at radius 2 is 1.57 bits per heavy atom. The maximum Gasteiger partial charge on any atom is 0.278 e. The monoisotopic (exact) mass is 407 g/mol. The van der Waals surface area contributed by atoms with Crippen molar-refractivity contribution in [3.05, 3.63) is 59.8 Å². The zero-order valence-corrected chi connectivity index (χ0v) is 17.5. The number of ether oxygens (including phenoxy) is 1. The minimum Gasteiger partial charge on any atom is -0.497 e. The summed E-state index contributed by atoms with van der Waals surface area (Å²) in [5.41, 5.74) is 2.44. The highest BCUT2D eigenvalue weighted by Crippen LogP contribution is 2.32. The number of anilines is 2. The first-order chi connectivity index (χ1) is 14.3. The van der Waals surface area contributed by atoms with Crippen LogP contribution in [0.25, 0.3) is 5.57 Å².